The number of sulfone groups is 1. The van der Waals surface area contributed by atoms with Crippen LogP contribution in [0.1, 0.15) is 11.1 Å². The van der Waals surface area contributed by atoms with Crippen molar-refractivity contribution in [1.29, 1.82) is 0 Å². The predicted molar refractivity (Wildman–Crippen MR) is 88.9 cm³/mol. The summed E-state index contributed by atoms with van der Waals surface area (Å²) in [5, 5.41) is 4.44. The van der Waals surface area contributed by atoms with E-state index in [1.54, 1.807) is 0 Å². The van der Waals surface area contributed by atoms with Crippen molar-refractivity contribution in [3.05, 3.63) is 46.5 Å². The summed E-state index contributed by atoms with van der Waals surface area (Å²) in [6.07, 6.45) is -4.91. The molecule has 0 saturated heterocycles. The zero-order chi connectivity index (χ0) is 20.1. The molecule has 0 aliphatic carbocycles. The average molecular weight is 429 g/mol. The molecule has 2 rings (SSSR count). The van der Waals surface area contributed by atoms with E-state index in [2.05, 4.69) is 0 Å². The summed E-state index contributed by atoms with van der Waals surface area (Å²) in [5.74, 6) is 0. The molecular formula is C14H12ClF3N2O4S2. The van der Waals surface area contributed by atoms with Crippen molar-refractivity contribution < 1.29 is 30.0 Å². The highest BCUT2D eigenvalue weighted by atomic mass is 35.5. The van der Waals surface area contributed by atoms with E-state index < -0.39 is 57.0 Å². The third kappa shape index (κ3) is 3.80. The highest BCUT2D eigenvalue weighted by molar-refractivity contribution is 7.92. The van der Waals surface area contributed by atoms with Crippen LogP contribution in [-0.2, 0) is 26.0 Å². The van der Waals surface area contributed by atoms with Crippen LogP contribution < -0.4 is 10.9 Å². The van der Waals surface area contributed by atoms with Crippen LogP contribution in [0.2, 0.25) is 5.02 Å². The Labute approximate surface area is 152 Å². The van der Waals surface area contributed by atoms with Crippen LogP contribution in [0.3, 0.4) is 0 Å². The number of benzene rings is 2. The minimum atomic E-state index is -4.91. The Hall–Kier alpha value is -1.82. The Morgan fingerprint density at radius 3 is 2.08 bits per heavy atom. The first-order chi connectivity index (χ1) is 11.7. The maximum absolute atomic E-state index is 13.0. The van der Waals surface area contributed by atoms with Crippen molar-refractivity contribution in [1.82, 2.24) is 0 Å². The van der Waals surface area contributed by atoms with E-state index in [1.165, 1.54) is 13.0 Å². The van der Waals surface area contributed by atoms with Crippen molar-refractivity contribution in [2.75, 3.05) is 5.73 Å². The van der Waals surface area contributed by atoms with Gasteiger partial charge in [0.05, 0.1) is 25.3 Å². The number of primary sulfonamides is 1. The van der Waals surface area contributed by atoms with Gasteiger partial charge in [0.1, 0.15) is 0 Å². The first-order valence-corrected chi connectivity index (χ1v) is 10.1. The number of anilines is 1. The molecule has 0 atom stereocenters. The van der Waals surface area contributed by atoms with Gasteiger partial charge in [0.15, 0.2) is 0 Å². The first-order valence-electron chi connectivity index (χ1n) is 6.70. The second-order valence-corrected chi connectivity index (χ2v) is 9.20. The molecule has 26 heavy (non-hydrogen) atoms. The van der Waals surface area contributed by atoms with Gasteiger partial charge in [0, 0.05) is 5.69 Å². The van der Waals surface area contributed by atoms with Gasteiger partial charge in [-0.3, -0.25) is 0 Å². The van der Waals surface area contributed by atoms with Crippen molar-refractivity contribution in [2.45, 2.75) is 27.8 Å². The molecule has 0 saturated carbocycles. The fraction of sp³-hybridized carbons (Fsp3) is 0.143. The molecule has 12 heteroatoms. The molecule has 0 aromatic heterocycles. The van der Waals surface area contributed by atoms with Gasteiger partial charge in [-0.25, -0.2) is 22.0 Å². The number of nitrogen functional groups attached to an aromatic ring is 1. The summed E-state index contributed by atoms with van der Waals surface area (Å²) in [7, 11) is -8.82. The molecule has 142 valence electrons. The number of halogens is 4. The smallest absolute Gasteiger partial charge is 0.398 e. The van der Waals surface area contributed by atoms with E-state index in [9.17, 15) is 30.0 Å². The molecule has 2 aromatic carbocycles. The van der Waals surface area contributed by atoms with Gasteiger partial charge in [-0.2, -0.15) is 13.2 Å². The highest BCUT2D eigenvalue weighted by Gasteiger charge is 2.36. The van der Waals surface area contributed by atoms with Gasteiger partial charge >= 0.3 is 6.18 Å². The molecule has 6 nitrogen and oxygen atoms in total. The van der Waals surface area contributed by atoms with E-state index >= 15 is 0 Å². The average Bonchev–Trinajstić information content (AvgIpc) is 2.44. The SMILES string of the molecule is Cc1ccc(S(N)(=O)=O)cc1S(=O)(=O)c1cc(C(F)(F)F)c(N)cc1Cl. The second-order valence-electron chi connectivity index (χ2n) is 5.34. The number of aryl methyl sites for hydroxylation is 1. The summed E-state index contributed by atoms with van der Waals surface area (Å²) < 4.78 is 87.6. The minimum Gasteiger partial charge on any atom is -0.398 e. The van der Waals surface area contributed by atoms with Crippen molar-refractivity contribution in [3.8, 4) is 0 Å². The Morgan fingerprint density at radius 2 is 1.58 bits per heavy atom. The molecule has 0 spiro atoms. The standard InChI is InChI=1S/C14H12ClF3N2O4S2/c1-7-2-3-8(26(20,23)24)4-12(7)25(21,22)13-5-9(14(16,17)18)11(19)6-10(13)15/h2-6H,19H2,1H3,(H2,20,23,24). The summed E-state index contributed by atoms with van der Waals surface area (Å²) in [4.78, 5) is -1.90. The Bertz CT molecular complexity index is 1100. The van der Waals surface area contributed by atoms with E-state index in [1.807, 2.05) is 0 Å². The number of alkyl halides is 3. The molecule has 4 N–H and O–H groups in total. The monoisotopic (exact) mass is 428 g/mol. The Balaban J connectivity index is 2.81. The number of hydrogen-bond acceptors (Lipinski definition) is 5. The van der Waals surface area contributed by atoms with Gasteiger partial charge < -0.3 is 5.73 Å². The summed E-state index contributed by atoms with van der Waals surface area (Å²) in [6, 6.07) is 4.00. The van der Waals surface area contributed by atoms with Crippen LogP contribution in [0.15, 0.2) is 45.0 Å². The Kier molecular flexibility index (Phi) is 5.05. The molecule has 0 unspecified atom stereocenters. The second kappa shape index (κ2) is 6.41. The van der Waals surface area contributed by atoms with E-state index in [-0.39, 0.29) is 5.56 Å². The lowest BCUT2D eigenvalue weighted by Crippen LogP contribution is -2.15. The van der Waals surface area contributed by atoms with E-state index in [4.69, 9.17) is 22.5 Å². The fourth-order valence-electron chi connectivity index (χ4n) is 2.19. The predicted octanol–water partition coefficient (Wildman–Crippen LogP) is 2.73. The minimum absolute atomic E-state index is 0.0962. The number of hydrogen-bond donors (Lipinski definition) is 2. The molecule has 0 bridgehead atoms. The summed E-state index contributed by atoms with van der Waals surface area (Å²) in [6.45, 7) is 1.34. The zero-order valence-electron chi connectivity index (χ0n) is 13.0. The maximum Gasteiger partial charge on any atom is 0.418 e. The van der Waals surface area contributed by atoms with Crippen LogP contribution in [0, 0.1) is 6.92 Å². The number of rotatable bonds is 3. The lowest BCUT2D eigenvalue weighted by Gasteiger charge is -2.15. The quantitative estimate of drug-likeness (QED) is 0.728. The van der Waals surface area contributed by atoms with Crippen molar-refractivity contribution in [3.63, 3.8) is 0 Å². The summed E-state index contributed by atoms with van der Waals surface area (Å²) in [5.41, 5.74) is 3.26. The Morgan fingerprint density at radius 1 is 1.00 bits per heavy atom. The number of nitrogens with two attached hydrogens (primary N) is 2. The van der Waals surface area contributed by atoms with Crippen molar-refractivity contribution in [2.24, 2.45) is 5.14 Å². The van der Waals surface area contributed by atoms with Gasteiger partial charge in [0.25, 0.3) is 0 Å². The van der Waals surface area contributed by atoms with Gasteiger partial charge in [-0.05, 0) is 36.8 Å². The topological polar surface area (TPSA) is 120 Å². The molecule has 0 aliphatic rings. The zero-order valence-corrected chi connectivity index (χ0v) is 15.4. The van der Waals surface area contributed by atoms with Crippen molar-refractivity contribution >= 4 is 37.1 Å². The maximum atomic E-state index is 13.0. The van der Waals surface area contributed by atoms with Gasteiger partial charge in [-0.15, -0.1) is 0 Å². The normalized spacial score (nSPS) is 13.0. The molecular weight excluding hydrogens is 417 g/mol. The number of sulfonamides is 1. The molecule has 0 heterocycles. The lowest BCUT2D eigenvalue weighted by molar-refractivity contribution is -0.137. The van der Waals surface area contributed by atoms with Gasteiger partial charge in [0.2, 0.25) is 19.9 Å². The van der Waals surface area contributed by atoms with Crippen LogP contribution in [0.4, 0.5) is 18.9 Å². The third-order valence-corrected chi connectivity index (χ3v) is 6.75. The molecule has 2 aromatic rings. The van der Waals surface area contributed by atoms with E-state index in [0.29, 0.717) is 12.1 Å². The molecule has 0 radical (unpaired) electrons. The van der Waals surface area contributed by atoms with Crippen LogP contribution in [0.5, 0.6) is 0 Å². The van der Waals surface area contributed by atoms with Gasteiger partial charge in [-0.1, -0.05) is 17.7 Å². The molecule has 0 amide bonds. The first kappa shape index (κ1) is 20.5. The largest absolute Gasteiger partial charge is 0.418 e. The van der Waals surface area contributed by atoms with Crippen LogP contribution >= 0.6 is 11.6 Å². The van der Waals surface area contributed by atoms with Crippen LogP contribution in [0.25, 0.3) is 0 Å². The summed E-state index contributed by atoms with van der Waals surface area (Å²) >= 11 is 5.80. The fourth-order valence-corrected chi connectivity index (χ4v) is 4.88. The molecule has 0 fully saturated rings. The molecule has 0 aliphatic heterocycles. The lowest BCUT2D eigenvalue weighted by atomic mass is 10.2. The van der Waals surface area contributed by atoms with E-state index in [0.717, 1.165) is 12.1 Å². The third-order valence-electron chi connectivity index (χ3n) is 3.48. The van der Waals surface area contributed by atoms with Crippen LogP contribution in [-0.4, -0.2) is 16.8 Å². The highest BCUT2D eigenvalue weighted by Crippen LogP contribution is 2.39.